The number of piperazine rings is 1. The van der Waals surface area contributed by atoms with Gasteiger partial charge in [0.2, 0.25) is 5.91 Å². The Morgan fingerprint density at radius 3 is 2.47 bits per heavy atom. The Hall–Kier alpha value is -0.610. The largest absolute Gasteiger partial charge is 0.340 e. The number of hydrogen-bond acceptors (Lipinski definition) is 3. The molecule has 1 saturated carbocycles. The summed E-state index contributed by atoms with van der Waals surface area (Å²) in [5.74, 6) is 1.72. The molecule has 1 heterocycles. The molecule has 19 heavy (non-hydrogen) atoms. The minimum Gasteiger partial charge on any atom is -0.340 e. The summed E-state index contributed by atoms with van der Waals surface area (Å²) in [6, 6.07) is 0. The van der Waals surface area contributed by atoms with Crippen LogP contribution in [0.4, 0.5) is 0 Å². The minimum atomic E-state index is 0.210. The average Bonchev–Trinajstić information content (AvgIpc) is 2.86. The van der Waals surface area contributed by atoms with Crippen molar-refractivity contribution in [2.24, 2.45) is 23.5 Å². The highest BCUT2D eigenvalue weighted by Gasteiger charge is 2.35. The summed E-state index contributed by atoms with van der Waals surface area (Å²) < 4.78 is 0. The second-order valence-corrected chi connectivity index (χ2v) is 6.55. The lowest BCUT2D eigenvalue weighted by Gasteiger charge is -2.37. The first kappa shape index (κ1) is 14.8. The van der Waals surface area contributed by atoms with Crippen molar-refractivity contribution in [3.05, 3.63) is 0 Å². The fourth-order valence-corrected chi connectivity index (χ4v) is 3.55. The van der Waals surface area contributed by atoms with E-state index < -0.39 is 0 Å². The maximum atomic E-state index is 12.6. The van der Waals surface area contributed by atoms with E-state index >= 15 is 0 Å². The summed E-state index contributed by atoms with van der Waals surface area (Å²) in [6.45, 7) is 10.2. The van der Waals surface area contributed by atoms with Gasteiger partial charge in [-0.25, -0.2) is 0 Å². The van der Waals surface area contributed by atoms with Crippen LogP contribution in [0.2, 0.25) is 0 Å². The quantitative estimate of drug-likeness (QED) is 0.831. The molecule has 0 aromatic carbocycles. The molecule has 4 heteroatoms. The van der Waals surface area contributed by atoms with Gasteiger partial charge >= 0.3 is 0 Å². The van der Waals surface area contributed by atoms with Gasteiger partial charge in [-0.1, -0.05) is 20.3 Å². The van der Waals surface area contributed by atoms with Gasteiger partial charge in [-0.15, -0.1) is 0 Å². The Balaban J connectivity index is 1.82. The maximum absolute atomic E-state index is 12.6. The molecule has 0 aromatic heterocycles. The zero-order valence-corrected chi connectivity index (χ0v) is 12.5. The molecule has 2 aliphatic rings. The molecule has 1 aliphatic heterocycles. The molecule has 4 nitrogen and oxygen atoms in total. The first-order chi connectivity index (χ1) is 9.11. The number of rotatable bonds is 4. The van der Waals surface area contributed by atoms with E-state index in [-0.39, 0.29) is 5.92 Å². The normalized spacial score (nSPS) is 29.2. The predicted octanol–water partition coefficient (Wildman–Crippen LogP) is 1.16. The highest BCUT2D eigenvalue weighted by molar-refractivity contribution is 5.79. The average molecular weight is 267 g/mol. The van der Waals surface area contributed by atoms with Crippen LogP contribution in [0.25, 0.3) is 0 Å². The number of nitrogens with two attached hydrogens (primary N) is 1. The van der Waals surface area contributed by atoms with E-state index in [0.717, 1.165) is 45.6 Å². The molecule has 2 N–H and O–H groups in total. The molecule has 0 radical (unpaired) electrons. The lowest BCUT2D eigenvalue weighted by atomic mass is 9.94. The molecule has 2 fully saturated rings. The second kappa shape index (κ2) is 6.71. The third kappa shape index (κ3) is 3.69. The van der Waals surface area contributed by atoms with E-state index in [4.69, 9.17) is 5.73 Å². The van der Waals surface area contributed by atoms with E-state index in [2.05, 4.69) is 23.6 Å². The van der Waals surface area contributed by atoms with Gasteiger partial charge in [-0.3, -0.25) is 9.69 Å². The van der Waals surface area contributed by atoms with E-state index in [9.17, 15) is 4.79 Å². The molecule has 1 aliphatic carbocycles. The minimum absolute atomic E-state index is 0.210. The molecule has 0 spiro atoms. The van der Waals surface area contributed by atoms with Gasteiger partial charge in [-0.05, 0) is 31.2 Å². The van der Waals surface area contributed by atoms with Crippen LogP contribution in [0.3, 0.4) is 0 Å². The third-order valence-electron chi connectivity index (χ3n) is 4.59. The van der Waals surface area contributed by atoms with Crippen LogP contribution in [0.5, 0.6) is 0 Å². The van der Waals surface area contributed by atoms with Gasteiger partial charge < -0.3 is 10.6 Å². The Kier molecular flexibility index (Phi) is 5.22. The van der Waals surface area contributed by atoms with Crippen molar-refractivity contribution in [1.29, 1.82) is 0 Å². The zero-order chi connectivity index (χ0) is 13.8. The van der Waals surface area contributed by atoms with Crippen molar-refractivity contribution in [2.45, 2.75) is 33.1 Å². The monoisotopic (exact) mass is 267 g/mol. The molecule has 2 atom stereocenters. The SMILES string of the molecule is CC(C)CN1CCN(C(=O)C2CCCC2CN)CC1. The molecule has 0 bridgehead atoms. The summed E-state index contributed by atoms with van der Waals surface area (Å²) in [6.07, 6.45) is 3.36. The highest BCUT2D eigenvalue weighted by Crippen LogP contribution is 2.32. The van der Waals surface area contributed by atoms with Gasteiger partial charge in [0.1, 0.15) is 0 Å². The number of hydrogen-bond donors (Lipinski definition) is 1. The van der Waals surface area contributed by atoms with Gasteiger partial charge in [0.05, 0.1) is 0 Å². The third-order valence-corrected chi connectivity index (χ3v) is 4.59. The molecule has 0 aromatic rings. The van der Waals surface area contributed by atoms with E-state index in [1.165, 1.54) is 6.42 Å². The number of nitrogens with zero attached hydrogens (tertiary/aromatic N) is 2. The van der Waals surface area contributed by atoms with Gasteiger partial charge in [0, 0.05) is 38.6 Å². The first-order valence-corrected chi connectivity index (χ1v) is 7.83. The van der Waals surface area contributed by atoms with Crippen molar-refractivity contribution in [2.75, 3.05) is 39.3 Å². The van der Waals surface area contributed by atoms with Crippen molar-refractivity contribution < 1.29 is 4.79 Å². The number of amides is 1. The van der Waals surface area contributed by atoms with Crippen LogP contribution >= 0.6 is 0 Å². The number of carbonyl (C=O) groups is 1. The Morgan fingerprint density at radius 2 is 1.89 bits per heavy atom. The Bertz CT molecular complexity index is 298. The second-order valence-electron chi connectivity index (χ2n) is 6.55. The molecule has 110 valence electrons. The topological polar surface area (TPSA) is 49.6 Å². The van der Waals surface area contributed by atoms with E-state index in [0.29, 0.717) is 24.3 Å². The van der Waals surface area contributed by atoms with Crippen LogP contribution in [0, 0.1) is 17.8 Å². The van der Waals surface area contributed by atoms with Crippen LogP contribution < -0.4 is 5.73 Å². The fraction of sp³-hybridized carbons (Fsp3) is 0.933. The highest BCUT2D eigenvalue weighted by atomic mass is 16.2. The van der Waals surface area contributed by atoms with Crippen molar-refractivity contribution in [1.82, 2.24) is 9.80 Å². The lowest BCUT2D eigenvalue weighted by Crippen LogP contribution is -2.51. The molecule has 1 amide bonds. The van der Waals surface area contributed by atoms with E-state index in [1.54, 1.807) is 0 Å². The predicted molar refractivity (Wildman–Crippen MR) is 77.7 cm³/mol. The maximum Gasteiger partial charge on any atom is 0.226 e. The van der Waals surface area contributed by atoms with Crippen molar-refractivity contribution in [3.63, 3.8) is 0 Å². The van der Waals surface area contributed by atoms with Crippen LogP contribution in [0.1, 0.15) is 33.1 Å². The van der Waals surface area contributed by atoms with Gasteiger partial charge in [0.25, 0.3) is 0 Å². The molecule has 1 saturated heterocycles. The summed E-state index contributed by atoms with van der Waals surface area (Å²) in [5, 5.41) is 0. The van der Waals surface area contributed by atoms with Crippen LogP contribution in [0.15, 0.2) is 0 Å². The molecule has 2 rings (SSSR count). The van der Waals surface area contributed by atoms with E-state index in [1.807, 2.05) is 0 Å². The summed E-state index contributed by atoms with van der Waals surface area (Å²) in [4.78, 5) is 17.1. The summed E-state index contributed by atoms with van der Waals surface area (Å²) in [5.41, 5.74) is 5.79. The number of carbonyl (C=O) groups excluding carboxylic acids is 1. The zero-order valence-electron chi connectivity index (χ0n) is 12.5. The Labute approximate surface area is 117 Å². The van der Waals surface area contributed by atoms with Gasteiger partial charge in [0.15, 0.2) is 0 Å². The molecule has 2 unspecified atom stereocenters. The summed E-state index contributed by atoms with van der Waals surface area (Å²) >= 11 is 0. The van der Waals surface area contributed by atoms with Crippen molar-refractivity contribution >= 4 is 5.91 Å². The smallest absolute Gasteiger partial charge is 0.226 e. The summed E-state index contributed by atoms with van der Waals surface area (Å²) in [7, 11) is 0. The standard InChI is InChI=1S/C15H29N3O/c1-12(2)11-17-6-8-18(9-7-17)15(19)14-5-3-4-13(14)10-16/h12-14H,3-11,16H2,1-2H3. The fourth-order valence-electron chi connectivity index (χ4n) is 3.55. The van der Waals surface area contributed by atoms with Crippen LogP contribution in [-0.4, -0.2) is 55.0 Å². The molecular formula is C15H29N3O. The molecular weight excluding hydrogens is 238 g/mol. The lowest BCUT2D eigenvalue weighted by molar-refractivity contribution is -0.138. The first-order valence-electron chi connectivity index (χ1n) is 7.83. The van der Waals surface area contributed by atoms with Crippen LogP contribution in [-0.2, 0) is 4.79 Å². The Morgan fingerprint density at radius 1 is 1.21 bits per heavy atom. The van der Waals surface area contributed by atoms with Crippen molar-refractivity contribution in [3.8, 4) is 0 Å². The van der Waals surface area contributed by atoms with Gasteiger partial charge in [-0.2, -0.15) is 0 Å².